The van der Waals surface area contributed by atoms with Gasteiger partial charge >= 0.3 is 0 Å². The summed E-state index contributed by atoms with van der Waals surface area (Å²) in [5.41, 5.74) is 2.27. The first-order valence-electron chi connectivity index (χ1n) is 5.94. The predicted octanol–water partition coefficient (Wildman–Crippen LogP) is 2.60. The number of benzene rings is 1. The molecule has 3 nitrogen and oxygen atoms in total. The Bertz CT molecular complexity index is 379. The first kappa shape index (κ1) is 13.6. The van der Waals surface area contributed by atoms with Crippen LogP contribution in [0.4, 0.5) is 0 Å². The van der Waals surface area contributed by atoms with Crippen molar-refractivity contribution in [2.24, 2.45) is 0 Å². The number of nitrogens with one attached hydrogen (secondary N) is 1. The molecule has 0 spiro atoms. The lowest BCUT2D eigenvalue weighted by Crippen LogP contribution is -2.40. The van der Waals surface area contributed by atoms with Gasteiger partial charge in [-0.15, -0.1) is 0 Å². The summed E-state index contributed by atoms with van der Waals surface area (Å²) in [6.45, 7) is 9.65. The summed E-state index contributed by atoms with van der Waals surface area (Å²) in [4.78, 5) is 11.7. The zero-order chi connectivity index (χ0) is 13.0. The number of ether oxygens (including phenoxy) is 1. The van der Waals surface area contributed by atoms with Gasteiger partial charge in [-0.1, -0.05) is 6.07 Å². The molecular formula is C14H21NO2. The van der Waals surface area contributed by atoms with Crippen LogP contribution < -0.4 is 10.1 Å². The average Bonchev–Trinajstić information content (AvgIpc) is 2.14. The van der Waals surface area contributed by atoms with Crippen LogP contribution in [-0.2, 0) is 4.79 Å². The summed E-state index contributed by atoms with van der Waals surface area (Å²) in [5.74, 6) is 0.660. The largest absolute Gasteiger partial charge is 0.481 e. The first-order valence-corrected chi connectivity index (χ1v) is 5.94. The maximum Gasteiger partial charge on any atom is 0.260 e. The summed E-state index contributed by atoms with van der Waals surface area (Å²) in [6.07, 6.45) is -0.474. The Kier molecular flexibility index (Phi) is 4.55. The van der Waals surface area contributed by atoms with E-state index in [1.165, 1.54) is 0 Å². The lowest BCUT2D eigenvalue weighted by atomic mass is 10.1. The van der Waals surface area contributed by atoms with E-state index in [1.807, 2.05) is 39.8 Å². The minimum absolute atomic E-state index is 0.0841. The van der Waals surface area contributed by atoms with Gasteiger partial charge in [-0.2, -0.15) is 0 Å². The van der Waals surface area contributed by atoms with E-state index in [1.54, 1.807) is 6.92 Å². The normalized spacial score (nSPS) is 12.4. The number of hydrogen-bond acceptors (Lipinski definition) is 2. The summed E-state index contributed by atoms with van der Waals surface area (Å²) in [7, 11) is 0. The molecule has 1 aromatic carbocycles. The van der Waals surface area contributed by atoms with Crippen molar-refractivity contribution in [3.63, 3.8) is 0 Å². The van der Waals surface area contributed by atoms with Gasteiger partial charge in [-0.25, -0.2) is 0 Å². The van der Waals surface area contributed by atoms with Gasteiger partial charge in [0.15, 0.2) is 6.10 Å². The molecule has 0 aliphatic heterocycles. The molecule has 0 aliphatic carbocycles. The minimum atomic E-state index is -0.474. The molecule has 0 aliphatic rings. The molecule has 0 saturated heterocycles. The lowest BCUT2D eigenvalue weighted by molar-refractivity contribution is -0.127. The van der Waals surface area contributed by atoms with E-state index >= 15 is 0 Å². The highest BCUT2D eigenvalue weighted by Gasteiger charge is 2.15. The molecule has 0 bridgehead atoms. The molecule has 0 aromatic heterocycles. The molecular weight excluding hydrogens is 214 g/mol. The Morgan fingerprint density at radius 2 is 1.65 bits per heavy atom. The lowest BCUT2D eigenvalue weighted by Gasteiger charge is -2.17. The van der Waals surface area contributed by atoms with Crippen LogP contribution in [0.25, 0.3) is 0 Å². The summed E-state index contributed by atoms with van der Waals surface area (Å²) >= 11 is 0. The van der Waals surface area contributed by atoms with E-state index in [9.17, 15) is 4.79 Å². The van der Waals surface area contributed by atoms with Crippen LogP contribution in [0, 0.1) is 13.8 Å². The van der Waals surface area contributed by atoms with Gasteiger partial charge in [-0.05, 0) is 57.9 Å². The highest BCUT2D eigenvalue weighted by atomic mass is 16.5. The van der Waals surface area contributed by atoms with Crippen molar-refractivity contribution < 1.29 is 9.53 Å². The number of rotatable bonds is 4. The summed E-state index contributed by atoms with van der Waals surface area (Å²) in [6, 6.07) is 6.08. The molecule has 3 heteroatoms. The van der Waals surface area contributed by atoms with Crippen molar-refractivity contribution in [2.45, 2.75) is 46.8 Å². The van der Waals surface area contributed by atoms with Crippen molar-refractivity contribution in [1.82, 2.24) is 5.32 Å². The Hall–Kier alpha value is -1.51. The molecule has 17 heavy (non-hydrogen) atoms. The number of hydrogen-bond donors (Lipinski definition) is 1. The van der Waals surface area contributed by atoms with Crippen LogP contribution in [-0.4, -0.2) is 18.1 Å². The van der Waals surface area contributed by atoms with Crippen LogP contribution in [0.1, 0.15) is 31.9 Å². The molecule has 0 fully saturated rings. The molecule has 0 unspecified atom stereocenters. The third-order valence-electron chi connectivity index (χ3n) is 2.31. The third kappa shape index (κ3) is 4.47. The van der Waals surface area contributed by atoms with Crippen molar-refractivity contribution in [3.05, 3.63) is 29.3 Å². The number of amides is 1. The Morgan fingerprint density at radius 1 is 1.12 bits per heavy atom. The molecule has 0 radical (unpaired) electrons. The SMILES string of the molecule is Cc1cc(C)cc(O[C@@H](C)C(=O)NC(C)C)c1. The van der Waals surface area contributed by atoms with Gasteiger partial charge in [0.2, 0.25) is 0 Å². The quantitative estimate of drug-likeness (QED) is 0.871. The predicted molar refractivity (Wildman–Crippen MR) is 69.3 cm³/mol. The average molecular weight is 235 g/mol. The van der Waals surface area contributed by atoms with Gasteiger partial charge in [-0.3, -0.25) is 4.79 Å². The number of carbonyl (C=O) groups is 1. The van der Waals surface area contributed by atoms with Gasteiger partial charge in [0.05, 0.1) is 0 Å². The Balaban J connectivity index is 2.67. The highest BCUT2D eigenvalue weighted by Crippen LogP contribution is 2.17. The molecule has 94 valence electrons. The second kappa shape index (κ2) is 5.71. The smallest absolute Gasteiger partial charge is 0.260 e. The van der Waals surface area contributed by atoms with Crippen LogP contribution in [0.15, 0.2) is 18.2 Å². The molecule has 1 aromatic rings. The zero-order valence-electron chi connectivity index (χ0n) is 11.2. The summed E-state index contributed by atoms with van der Waals surface area (Å²) in [5, 5.41) is 2.83. The van der Waals surface area contributed by atoms with Crippen molar-refractivity contribution in [1.29, 1.82) is 0 Å². The second-order valence-corrected chi connectivity index (χ2v) is 4.75. The van der Waals surface area contributed by atoms with E-state index in [0.717, 1.165) is 16.9 Å². The van der Waals surface area contributed by atoms with Crippen molar-refractivity contribution >= 4 is 5.91 Å². The number of carbonyl (C=O) groups excluding carboxylic acids is 1. The van der Waals surface area contributed by atoms with Crippen molar-refractivity contribution in [2.75, 3.05) is 0 Å². The maximum absolute atomic E-state index is 11.7. The van der Waals surface area contributed by atoms with Gasteiger partial charge < -0.3 is 10.1 Å². The molecule has 1 amide bonds. The van der Waals surface area contributed by atoms with Crippen LogP contribution in [0.3, 0.4) is 0 Å². The van der Waals surface area contributed by atoms with Crippen LogP contribution in [0.5, 0.6) is 5.75 Å². The van der Waals surface area contributed by atoms with E-state index in [4.69, 9.17) is 4.74 Å². The third-order valence-corrected chi connectivity index (χ3v) is 2.31. The van der Waals surface area contributed by atoms with Gasteiger partial charge in [0.1, 0.15) is 5.75 Å². The Morgan fingerprint density at radius 3 is 2.12 bits per heavy atom. The summed E-state index contributed by atoms with van der Waals surface area (Å²) < 4.78 is 5.63. The fourth-order valence-electron chi connectivity index (χ4n) is 1.66. The van der Waals surface area contributed by atoms with Crippen molar-refractivity contribution in [3.8, 4) is 5.75 Å². The fraction of sp³-hybridized carbons (Fsp3) is 0.500. The molecule has 1 rings (SSSR count). The minimum Gasteiger partial charge on any atom is -0.481 e. The molecule has 1 atom stereocenters. The maximum atomic E-state index is 11.7. The Labute approximate surface area is 103 Å². The first-order chi connectivity index (χ1) is 7.88. The zero-order valence-corrected chi connectivity index (χ0v) is 11.2. The second-order valence-electron chi connectivity index (χ2n) is 4.75. The molecule has 1 N–H and O–H groups in total. The molecule has 0 heterocycles. The van der Waals surface area contributed by atoms with Crippen LogP contribution in [0.2, 0.25) is 0 Å². The van der Waals surface area contributed by atoms with Gasteiger partial charge in [0, 0.05) is 6.04 Å². The van der Waals surface area contributed by atoms with E-state index in [0.29, 0.717) is 0 Å². The van der Waals surface area contributed by atoms with E-state index in [2.05, 4.69) is 11.4 Å². The van der Waals surface area contributed by atoms with E-state index in [-0.39, 0.29) is 11.9 Å². The number of aryl methyl sites for hydroxylation is 2. The fourth-order valence-corrected chi connectivity index (χ4v) is 1.66. The topological polar surface area (TPSA) is 38.3 Å². The van der Waals surface area contributed by atoms with Crippen LogP contribution >= 0.6 is 0 Å². The standard InChI is InChI=1S/C14H21NO2/c1-9(2)15-14(16)12(5)17-13-7-10(3)6-11(4)8-13/h6-9,12H,1-5H3,(H,15,16)/t12-/m0/s1. The molecule has 0 saturated carbocycles. The van der Waals surface area contributed by atoms with Gasteiger partial charge in [0.25, 0.3) is 5.91 Å². The van der Waals surface area contributed by atoms with E-state index < -0.39 is 6.10 Å². The monoisotopic (exact) mass is 235 g/mol. The highest BCUT2D eigenvalue weighted by molar-refractivity contribution is 5.80.